The fourth-order valence-corrected chi connectivity index (χ4v) is 12.5. The van der Waals surface area contributed by atoms with Gasteiger partial charge in [0, 0.05) is 71.5 Å². The van der Waals surface area contributed by atoms with Crippen molar-refractivity contribution < 1.29 is 13.0 Å². The van der Waals surface area contributed by atoms with Crippen molar-refractivity contribution in [1.82, 2.24) is 0 Å². The van der Waals surface area contributed by atoms with Crippen molar-refractivity contribution in [1.29, 1.82) is 0 Å². The van der Waals surface area contributed by atoms with Crippen LogP contribution in [-0.2, 0) is 20.9 Å². The first-order valence-electron chi connectivity index (χ1n) is 18.7. The summed E-state index contributed by atoms with van der Waals surface area (Å²) in [5.41, 5.74) is 9.81. The molecule has 1 unspecified atom stereocenters. The van der Waals surface area contributed by atoms with E-state index in [1.807, 2.05) is 6.92 Å². The Balaban J connectivity index is 1.23. The molecule has 8 heteroatoms. The van der Waals surface area contributed by atoms with Gasteiger partial charge in [0.15, 0.2) is 0 Å². The predicted octanol–water partition coefficient (Wildman–Crippen LogP) is 12.2. The molecule has 1 N–H and O–H groups in total. The number of halogens is 2. The lowest BCUT2D eigenvalue weighted by Gasteiger charge is -2.37. The largest absolute Gasteiger partial charge is 0.347 e. The molecule has 0 radical (unpaired) electrons. The number of likely N-dealkylation sites (N-methyl/N-ethyl adjacent to an activating group) is 1. The SMILES string of the molecule is Cc1ccc(S(=O)(=O)O)cc1C1CC(/C=C/C2=IN(C)c3ccc4ccccc4c3C2(C)C)=C(Cl)C(=C/C=C2/N(C)c3ccc4ccccc4c3C2(C)C)/C1. The summed E-state index contributed by atoms with van der Waals surface area (Å²) in [7, 11) is -0.0312. The van der Waals surface area contributed by atoms with Crippen LogP contribution >= 0.6 is 32.6 Å². The number of benzene rings is 5. The minimum absolute atomic E-state index is 0.0460. The molecule has 2 aliphatic heterocycles. The average molecular weight is 881 g/mol. The normalized spacial score (nSPS) is 21.0. The summed E-state index contributed by atoms with van der Waals surface area (Å²) in [4.78, 5) is 2.21. The van der Waals surface area contributed by atoms with Gasteiger partial charge in [-0.3, -0.25) is 4.55 Å². The number of hydrogen-bond donors (Lipinski definition) is 1. The van der Waals surface area contributed by atoms with Gasteiger partial charge in [-0.05, 0) is 111 Å². The zero-order valence-corrected chi connectivity index (χ0v) is 36.0. The van der Waals surface area contributed by atoms with Gasteiger partial charge in [-0.2, -0.15) is 8.42 Å². The molecule has 5 aromatic rings. The molecule has 3 aliphatic rings. The van der Waals surface area contributed by atoms with Crippen molar-refractivity contribution >= 4 is 79.2 Å². The summed E-state index contributed by atoms with van der Waals surface area (Å²) >= 11 is 6.98. The van der Waals surface area contributed by atoms with Gasteiger partial charge in [-0.25, -0.2) is 0 Å². The maximum absolute atomic E-state index is 12.3. The number of rotatable bonds is 5. The molecule has 0 fully saturated rings. The van der Waals surface area contributed by atoms with Crippen molar-refractivity contribution in [3.05, 3.63) is 159 Å². The number of allylic oxidation sites excluding steroid dienone is 8. The van der Waals surface area contributed by atoms with E-state index in [2.05, 4.69) is 147 Å². The van der Waals surface area contributed by atoms with Crippen LogP contribution in [0, 0.1) is 6.92 Å². The van der Waals surface area contributed by atoms with Crippen molar-refractivity contribution in [2.45, 2.75) is 69.1 Å². The molecule has 8 rings (SSSR count). The summed E-state index contributed by atoms with van der Waals surface area (Å²) in [5.74, 6) is -0.0460. The third-order valence-corrected chi connectivity index (χ3v) is 16.7. The van der Waals surface area contributed by atoms with Crippen LogP contribution < -0.4 is 8.01 Å². The van der Waals surface area contributed by atoms with Gasteiger partial charge in [0.2, 0.25) is 0 Å². The van der Waals surface area contributed by atoms with Gasteiger partial charge in [-0.1, -0.05) is 124 Å². The second-order valence-corrected chi connectivity index (χ2v) is 21.0. The van der Waals surface area contributed by atoms with E-state index in [4.69, 9.17) is 11.6 Å². The minimum Gasteiger partial charge on any atom is -0.347 e. The topological polar surface area (TPSA) is 60.9 Å². The first-order valence-corrected chi connectivity index (χ1v) is 22.5. The summed E-state index contributed by atoms with van der Waals surface area (Å²) < 4.78 is 38.4. The van der Waals surface area contributed by atoms with E-state index in [1.54, 1.807) is 12.1 Å². The summed E-state index contributed by atoms with van der Waals surface area (Å²) in [6.45, 7) is 11.3. The lowest BCUT2D eigenvalue weighted by molar-refractivity contribution is 0.483. The molecular weight excluding hydrogens is 835 g/mol. The molecular formula is C47H46ClIN2O3S. The molecule has 0 bridgehead atoms. The van der Waals surface area contributed by atoms with E-state index in [0.717, 1.165) is 27.3 Å². The van der Waals surface area contributed by atoms with Gasteiger partial charge in [-0.15, -0.1) is 0 Å². The maximum atomic E-state index is 12.3. The third-order valence-electron chi connectivity index (χ3n) is 11.9. The van der Waals surface area contributed by atoms with E-state index in [1.165, 1.54) is 59.3 Å². The molecule has 0 saturated heterocycles. The molecule has 1 atom stereocenters. The van der Waals surface area contributed by atoms with Crippen LogP contribution in [0.3, 0.4) is 0 Å². The third kappa shape index (κ3) is 6.51. The van der Waals surface area contributed by atoms with Gasteiger partial charge in [0.05, 0.1) is 4.90 Å². The summed E-state index contributed by atoms with van der Waals surface area (Å²) in [6.07, 6.45) is 10.2. The Bertz CT molecular complexity index is 2700. The van der Waals surface area contributed by atoms with Crippen LogP contribution in [0.15, 0.2) is 142 Å². The predicted molar refractivity (Wildman–Crippen MR) is 241 cm³/mol. The fourth-order valence-electron chi connectivity index (χ4n) is 9.07. The molecule has 282 valence electrons. The van der Waals surface area contributed by atoms with E-state index in [-0.39, 0.29) is 21.6 Å². The van der Waals surface area contributed by atoms with Crippen LogP contribution in [0.4, 0.5) is 11.4 Å². The Kier molecular flexibility index (Phi) is 9.55. The molecule has 0 spiro atoms. The van der Waals surface area contributed by atoms with Crippen molar-refractivity contribution in [3.63, 3.8) is 0 Å². The number of fused-ring (bicyclic) bond motifs is 6. The summed E-state index contributed by atoms with van der Waals surface area (Å²) in [5, 5.41) is 5.75. The van der Waals surface area contributed by atoms with Crippen LogP contribution in [0.5, 0.6) is 0 Å². The number of aryl methyl sites for hydroxylation is 1. The molecule has 5 aromatic carbocycles. The second kappa shape index (κ2) is 13.9. The van der Waals surface area contributed by atoms with Crippen molar-refractivity contribution in [2.75, 3.05) is 22.1 Å². The Morgan fingerprint density at radius 3 is 2.05 bits per heavy atom. The number of nitrogens with zero attached hydrogens (tertiary/aromatic N) is 2. The highest BCUT2D eigenvalue weighted by Crippen LogP contribution is 2.51. The van der Waals surface area contributed by atoms with Crippen LogP contribution in [0.25, 0.3) is 21.5 Å². The minimum atomic E-state index is -4.37. The highest BCUT2D eigenvalue weighted by molar-refractivity contribution is 14.2. The van der Waals surface area contributed by atoms with Gasteiger partial charge in [0.1, 0.15) is 0 Å². The zero-order chi connectivity index (χ0) is 39.0. The van der Waals surface area contributed by atoms with E-state index in [0.29, 0.717) is 12.8 Å². The number of anilines is 2. The average Bonchev–Trinajstić information content (AvgIpc) is 3.35. The Hall–Kier alpha value is -4.02. The maximum Gasteiger partial charge on any atom is 0.294 e. The van der Waals surface area contributed by atoms with Gasteiger partial charge >= 0.3 is 0 Å². The molecule has 2 heterocycles. The molecule has 0 saturated carbocycles. The Morgan fingerprint density at radius 2 is 1.40 bits per heavy atom. The molecule has 5 nitrogen and oxygen atoms in total. The van der Waals surface area contributed by atoms with Crippen molar-refractivity contribution in [3.8, 4) is 0 Å². The van der Waals surface area contributed by atoms with Crippen LogP contribution in [0.1, 0.15) is 68.7 Å². The number of hydrogen-bond acceptors (Lipinski definition) is 4. The summed E-state index contributed by atoms with van der Waals surface area (Å²) in [6, 6.07) is 31.0. The molecule has 0 amide bonds. The Labute approximate surface area is 340 Å². The standard InChI is InChI=1S/C47H46ClIN2O3S/c1-29-16-21-35(55(52,53)54)28-38(29)34-26-32(19-24-41-46(2,3)44-37-15-11-9-13-31(37)18-23-40(44)51(7)49-41)45(48)33(27-34)20-25-42-47(4,5)43-36-14-10-8-12-30(36)17-22-39(43)50(42)6/h8-25,28,34H,26-27H2,1-7H3,(H,52,53,54)/b24-19+,33-20+,42-25+. The van der Waals surface area contributed by atoms with Crippen LogP contribution in [-0.4, -0.2) is 30.6 Å². The second-order valence-electron chi connectivity index (χ2n) is 16.1. The van der Waals surface area contributed by atoms with E-state index in [9.17, 15) is 13.0 Å². The van der Waals surface area contributed by atoms with Crippen LogP contribution in [0.2, 0.25) is 0 Å². The van der Waals surface area contributed by atoms with E-state index >= 15 is 0 Å². The van der Waals surface area contributed by atoms with E-state index < -0.39 is 31.1 Å². The van der Waals surface area contributed by atoms with Gasteiger partial charge < -0.3 is 8.01 Å². The lowest BCUT2D eigenvalue weighted by Crippen LogP contribution is -2.33. The Morgan fingerprint density at radius 1 is 0.782 bits per heavy atom. The lowest BCUT2D eigenvalue weighted by atomic mass is 9.77. The fraction of sp³-hybridized carbons (Fsp3) is 0.255. The quantitative estimate of drug-likeness (QED) is 0.108. The molecule has 0 aromatic heterocycles. The molecule has 1 aliphatic carbocycles. The smallest absolute Gasteiger partial charge is 0.294 e. The highest BCUT2D eigenvalue weighted by Gasteiger charge is 2.40. The van der Waals surface area contributed by atoms with Gasteiger partial charge in [0.25, 0.3) is 10.1 Å². The highest BCUT2D eigenvalue weighted by atomic mass is 127. The van der Waals surface area contributed by atoms with Crippen molar-refractivity contribution in [2.24, 2.45) is 0 Å². The first-order chi connectivity index (χ1) is 26.1. The monoisotopic (exact) mass is 880 g/mol. The molecule has 55 heavy (non-hydrogen) atoms. The zero-order valence-electron chi connectivity index (χ0n) is 32.3. The first kappa shape index (κ1) is 37.9.